The molecule has 0 radical (unpaired) electrons. The van der Waals surface area contributed by atoms with Gasteiger partial charge in [-0.3, -0.25) is 4.98 Å². The SMILES string of the molecule is Fc1ccc(OC(F)(F)F)cc1-c1cc2ccncc2[nH]1. The maximum absolute atomic E-state index is 13.8. The molecule has 0 bridgehead atoms. The second kappa shape index (κ2) is 4.76. The first-order chi connectivity index (χ1) is 9.92. The molecule has 2 heterocycles. The van der Waals surface area contributed by atoms with Crippen LogP contribution in [0.4, 0.5) is 17.6 Å². The molecule has 0 atom stereocenters. The van der Waals surface area contributed by atoms with E-state index in [-0.39, 0.29) is 5.56 Å². The quantitative estimate of drug-likeness (QED) is 0.717. The lowest BCUT2D eigenvalue weighted by atomic mass is 10.1. The Balaban J connectivity index is 2.06. The molecule has 3 nitrogen and oxygen atoms in total. The molecule has 1 aromatic carbocycles. The van der Waals surface area contributed by atoms with Gasteiger partial charge in [0.1, 0.15) is 11.6 Å². The molecule has 108 valence electrons. The van der Waals surface area contributed by atoms with Gasteiger partial charge in [-0.1, -0.05) is 0 Å². The normalized spacial score (nSPS) is 11.8. The lowest BCUT2D eigenvalue weighted by Gasteiger charge is -2.10. The molecule has 0 aliphatic carbocycles. The maximum Gasteiger partial charge on any atom is 0.573 e. The van der Waals surface area contributed by atoms with E-state index in [2.05, 4.69) is 14.7 Å². The van der Waals surface area contributed by atoms with Crippen LogP contribution in [0, 0.1) is 5.82 Å². The van der Waals surface area contributed by atoms with E-state index in [4.69, 9.17) is 0 Å². The summed E-state index contributed by atoms with van der Waals surface area (Å²) in [4.78, 5) is 6.81. The van der Waals surface area contributed by atoms with E-state index in [1.54, 1.807) is 24.5 Å². The lowest BCUT2D eigenvalue weighted by Crippen LogP contribution is -2.17. The van der Waals surface area contributed by atoms with Crippen LogP contribution in [-0.2, 0) is 0 Å². The summed E-state index contributed by atoms with van der Waals surface area (Å²) < 4.78 is 54.3. The Hall–Kier alpha value is -2.57. The third-order valence-corrected chi connectivity index (χ3v) is 2.89. The van der Waals surface area contributed by atoms with E-state index in [1.165, 1.54) is 0 Å². The molecule has 0 saturated heterocycles. The number of fused-ring (bicyclic) bond motifs is 1. The molecule has 3 aromatic rings. The van der Waals surface area contributed by atoms with Crippen LogP contribution in [-0.4, -0.2) is 16.3 Å². The average molecular weight is 296 g/mol. The topological polar surface area (TPSA) is 37.9 Å². The van der Waals surface area contributed by atoms with Crippen molar-refractivity contribution >= 4 is 10.9 Å². The van der Waals surface area contributed by atoms with Gasteiger partial charge in [0, 0.05) is 22.8 Å². The molecular formula is C14H8F4N2O. The smallest absolute Gasteiger partial charge is 0.406 e. The number of nitrogens with zero attached hydrogens (tertiary/aromatic N) is 1. The molecule has 21 heavy (non-hydrogen) atoms. The fourth-order valence-electron chi connectivity index (χ4n) is 2.03. The van der Waals surface area contributed by atoms with Gasteiger partial charge in [-0.05, 0) is 30.3 Å². The molecule has 7 heteroatoms. The third kappa shape index (κ3) is 2.81. The molecule has 0 saturated carbocycles. The Labute approximate surface area is 116 Å². The Kier molecular flexibility index (Phi) is 3.04. The van der Waals surface area contributed by atoms with Crippen LogP contribution >= 0.6 is 0 Å². The number of pyridine rings is 1. The van der Waals surface area contributed by atoms with Crippen molar-refractivity contribution in [2.75, 3.05) is 0 Å². The standard InChI is InChI=1S/C14H8F4N2O/c15-11-2-1-9(21-14(16,17)18)6-10(11)12-5-8-3-4-19-7-13(8)20-12/h1-7,20H. The number of H-pyrrole nitrogens is 1. The Bertz CT molecular complexity index is 762. The fourth-order valence-corrected chi connectivity index (χ4v) is 2.03. The van der Waals surface area contributed by atoms with Gasteiger partial charge < -0.3 is 9.72 Å². The van der Waals surface area contributed by atoms with Gasteiger partial charge >= 0.3 is 6.36 Å². The predicted octanol–water partition coefficient (Wildman–Crippen LogP) is 4.27. The molecule has 0 spiro atoms. The van der Waals surface area contributed by atoms with E-state index in [0.29, 0.717) is 11.2 Å². The van der Waals surface area contributed by atoms with Crippen LogP contribution in [0.2, 0.25) is 0 Å². The summed E-state index contributed by atoms with van der Waals surface area (Å²) in [6.45, 7) is 0. The first-order valence-corrected chi connectivity index (χ1v) is 5.91. The lowest BCUT2D eigenvalue weighted by molar-refractivity contribution is -0.274. The zero-order valence-electron chi connectivity index (χ0n) is 10.4. The monoisotopic (exact) mass is 296 g/mol. The minimum Gasteiger partial charge on any atom is -0.406 e. The van der Waals surface area contributed by atoms with Crippen molar-refractivity contribution < 1.29 is 22.3 Å². The van der Waals surface area contributed by atoms with Crippen LogP contribution in [0.5, 0.6) is 5.75 Å². The maximum atomic E-state index is 13.8. The van der Waals surface area contributed by atoms with Crippen LogP contribution < -0.4 is 4.74 Å². The highest BCUT2D eigenvalue weighted by Crippen LogP contribution is 2.31. The van der Waals surface area contributed by atoms with Crippen molar-refractivity contribution in [1.82, 2.24) is 9.97 Å². The molecule has 1 N–H and O–H groups in total. The number of hydrogen-bond donors (Lipinski definition) is 1. The van der Waals surface area contributed by atoms with Gasteiger partial charge in [-0.15, -0.1) is 13.2 Å². The number of aromatic nitrogens is 2. The number of benzene rings is 1. The predicted molar refractivity (Wildman–Crippen MR) is 68.2 cm³/mol. The molecule has 0 fully saturated rings. The molecule has 2 aromatic heterocycles. The van der Waals surface area contributed by atoms with Crippen molar-refractivity contribution in [2.24, 2.45) is 0 Å². The summed E-state index contributed by atoms with van der Waals surface area (Å²) in [5.41, 5.74) is 1.00. The highest BCUT2D eigenvalue weighted by molar-refractivity contribution is 5.85. The molecule has 0 aliphatic heterocycles. The molecule has 0 unspecified atom stereocenters. The van der Waals surface area contributed by atoms with Crippen molar-refractivity contribution in [3.05, 3.63) is 48.5 Å². The Morgan fingerprint density at radius 3 is 2.62 bits per heavy atom. The summed E-state index contributed by atoms with van der Waals surface area (Å²) in [6, 6.07) is 6.20. The number of aromatic amines is 1. The second-order valence-corrected chi connectivity index (χ2v) is 4.34. The summed E-state index contributed by atoms with van der Waals surface area (Å²) in [5, 5.41) is 0.779. The number of alkyl halides is 3. The second-order valence-electron chi connectivity index (χ2n) is 4.34. The minimum absolute atomic E-state index is 0.00653. The largest absolute Gasteiger partial charge is 0.573 e. The number of hydrogen-bond acceptors (Lipinski definition) is 2. The zero-order chi connectivity index (χ0) is 15.0. The van der Waals surface area contributed by atoms with Gasteiger partial charge in [0.25, 0.3) is 0 Å². The molecule has 0 aliphatic rings. The van der Waals surface area contributed by atoms with E-state index in [1.807, 2.05) is 0 Å². The van der Waals surface area contributed by atoms with E-state index >= 15 is 0 Å². The van der Waals surface area contributed by atoms with E-state index in [9.17, 15) is 17.6 Å². The first-order valence-electron chi connectivity index (χ1n) is 5.91. The van der Waals surface area contributed by atoms with Gasteiger partial charge in [0.2, 0.25) is 0 Å². The van der Waals surface area contributed by atoms with Crippen LogP contribution in [0.25, 0.3) is 22.2 Å². The van der Waals surface area contributed by atoms with E-state index in [0.717, 1.165) is 23.6 Å². The van der Waals surface area contributed by atoms with Crippen LogP contribution in [0.1, 0.15) is 0 Å². The molecule has 3 rings (SSSR count). The summed E-state index contributed by atoms with van der Waals surface area (Å²) in [7, 11) is 0. The van der Waals surface area contributed by atoms with Gasteiger partial charge in [-0.25, -0.2) is 4.39 Å². The molecule has 0 amide bonds. The Morgan fingerprint density at radius 1 is 1.10 bits per heavy atom. The molecular weight excluding hydrogens is 288 g/mol. The van der Waals surface area contributed by atoms with Crippen molar-refractivity contribution in [2.45, 2.75) is 6.36 Å². The highest BCUT2D eigenvalue weighted by atomic mass is 19.4. The van der Waals surface area contributed by atoms with Gasteiger partial charge in [-0.2, -0.15) is 0 Å². The van der Waals surface area contributed by atoms with Crippen molar-refractivity contribution in [3.63, 3.8) is 0 Å². The average Bonchev–Trinajstić information content (AvgIpc) is 2.83. The van der Waals surface area contributed by atoms with E-state index < -0.39 is 17.9 Å². The van der Waals surface area contributed by atoms with Crippen molar-refractivity contribution in [3.8, 4) is 17.0 Å². The number of nitrogens with one attached hydrogen (secondary N) is 1. The fraction of sp³-hybridized carbons (Fsp3) is 0.0714. The third-order valence-electron chi connectivity index (χ3n) is 2.89. The summed E-state index contributed by atoms with van der Waals surface area (Å²) >= 11 is 0. The number of halogens is 4. The summed E-state index contributed by atoms with van der Waals surface area (Å²) in [5.74, 6) is -1.13. The number of ether oxygens (including phenoxy) is 1. The van der Waals surface area contributed by atoms with Gasteiger partial charge in [0.05, 0.1) is 11.7 Å². The zero-order valence-corrected chi connectivity index (χ0v) is 10.4. The summed E-state index contributed by atoms with van der Waals surface area (Å²) in [6.07, 6.45) is -1.70. The van der Waals surface area contributed by atoms with Crippen molar-refractivity contribution in [1.29, 1.82) is 0 Å². The highest BCUT2D eigenvalue weighted by Gasteiger charge is 2.31. The number of rotatable bonds is 2. The van der Waals surface area contributed by atoms with Gasteiger partial charge in [0.15, 0.2) is 0 Å². The van der Waals surface area contributed by atoms with Crippen LogP contribution in [0.3, 0.4) is 0 Å². The van der Waals surface area contributed by atoms with Crippen LogP contribution in [0.15, 0.2) is 42.7 Å². The minimum atomic E-state index is -4.82. The first kappa shape index (κ1) is 13.4. The Morgan fingerprint density at radius 2 is 1.90 bits per heavy atom.